The molecule has 0 saturated carbocycles. The number of carbonyl (C=O) groups excluding carboxylic acids is 1. The predicted octanol–water partition coefficient (Wildman–Crippen LogP) is 5.57. The van der Waals surface area contributed by atoms with E-state index in [2.05, 4.69) is 23.2 Å². The van der Waals surface area contributed by atoms with Gasteiger partial charge in [-0.25, -0.2) is 4.79 Å². The largest absolute Gasteiger partial charge is 0.478 e. The minimum Gasteiger partial charge on any atom is -0.478 e. The van der Waals surface area contributed by atoms with Crippen molar-refractivity contribution in [2.75, 3.05) is 16.8 Å². The number of carboxylic acid groups (broad SMARTS) is 1. The first kappa shape index (κ1) is 20.1. The smallest absolute Gasteiger partial charge is 0.337 e. The van der Waals surface area contributed by atoms with Crippen molar-refractivity contribution in [3.05, 3.63) is 68.5 Å². The van der Waals surface area contributed by atoms with Crippen LogP contribution >= 0.6 is 22.7 Å². The summed E-state index contributed by atoms with van der Waals surface area (Å²) in [4.78, 5) is 28.1. The number of hydrogen-bond donors (Lipinski definition) is 2. The molecule has 7 heteroatoms. The SMILES string of the molecule is CCCCN(Cc1cccs1)c1ccc(NC(=O)c2cccs2)cc1C(=O)O. The van der Waals surface area contributed by atoms with E-state index in [1.54, 1.807) is 29.5 Å². The number of carboxylic acids is 1. The number of rotatable bonds is 9. The van der Waals surface area contributed by atoms with Crippen molar-refractivity contribution in [1.82, 2.24) is 0 Å². The topological polar surface area (TPSA) is 69.6 Å². The van der Waals surface area contributed by atoms with Crippen LogP contribution in [0.4, 0.5) is 11.4 Å². The van der Waals surface area contributed by atoms with E-state index in [0.29, 0.717) is 22.8 Å². The van der Waals surface area contributed by atoms with Crippen molar-refractivity contribution in [2.24, 2.45) is 0 Å². The van der Waals surface area contributed by atoms with Crippen LogP contribution in [-0.2, 0) is 6.54 Å². The second-order valence-electron chi connectivity index (χ2n) is 6.32. The van der Waals surface area contributed by atoms with E-state index in [9.17, 15) is 14.7 Å². The monoisotopic (exact) mass is 414 g/mol. The molecule has 0 aliphatic rings. The first-order valence-corrected chi connectivity index (χ1v) is 10.8. The van der Waals surface area contributed by atoms with Crippen LogP contribution in [0, 0.1) is 0 Å². The molecule has 1 aromatic carbocycles. The number of nitrogens with zero attached hydrogens (tertiary/aromatic N) is 1. The second kappa shape index (κ2) is 9.52. The van der Waals surface area contributed by atoms with Crippen LogP contribution in [-0.4, -0.2) is 23.5 Å². The van der Waals surface area contributed by atoms with Gasteiger partial charge in [-0.1, -0.05) is 25.5 Å². The zero-order valence-corrected chi connectivity index (χ0v) is 17.2. The molecule has 2 N–H and O–H groups in total. The summed E-state index contributed by atoms with van der Waals surface area (Å²) in [6.07, 6.45) is 2.00. The third kappa shape index (κ3) is 4.99. The van der Waals surface area contributed by atoms with Gasteiger partial charge in [0.05, 0.1) is 22.7 Å². The number of carbonyl (C=O) groups is 2. The van der Waals surface area contributed by atoms with E-state index in [0.717, 1.165) is 19.4 Å². The predicted molar refractivity (Wildman–Crippen MR) is 116 cm³/mol. The number of nitrogens with one attached hydrogen (secondary N) is 1. The third-order valence-corrected chi connectivity index (χ3v) is 6.01. The van der Waals surface area contributed by atoms with E-state index in [1.807, 2.05) is 22.9 Å². The second-order valence-corrected chi connectivity index (χ2v) is 8.30. The number of thiophene rings is 2. The standard InChI is InChI=1S/C21H22N2O3S2/c1-2-3-10-23(14-16-6-4-11-27-16)18-9-8-15(13-17(18)21(25)26)22-20(24)19-7-5-12-28-19/h4-9,11-13H,2-3,10,14H2,1H3,(H,22,24)(H,25,26). The van der Waals surface area contributed by atoms with Crippen molar-refractivity contribution in [1.29, 1.82) is 0 Å². The van der Waals surface area contributed by atoms with Crippen LogP contribution < -0.4 is 10.2 Å². The fourth-order valence-corrected chi connectivity index (χ4v) is 4.22. The summed E-state index contributed by atoms with van der Waals surface area (Å²) in [7, 11) is 0. The molecule has 0 saturated heterocycles. The lowest BCUT2D eigenvalue weighted by Gasteiger charge is -2.26. The first-order chi connectivity index (χ1) is 13.6. The van der Waals surface area contributed by atoms with Gasteiger partial charge in [0, 0.05) is 17.1 Å². The Morgan fingerprint density at radius 1 is 1.11 bits per heavy atom. The number of anilines is 2. The van der Waals surface area contributed by atoms with Crippen LogP contribution in [0.1, 0.15) is 44.7 Å². The van der Waals surface area contributed by atoms with E-state index in [4.69, 9.17) is 0 Å². The highest BCUT2D eigenvalue weighted by atomic mass is 32.1. The minimum absolute atomic E-state index is 0.191. The van der Waals surface area contributed by atoms with Gasteiger partial charge in [0.15, 0.2) is 0 Å². The maximum atomic E-state index is 12.3. The average molecular weight is 415 g/mol. The molecule has 0 spiro atoms. The molecule has 0 aliphatic carbocycles. The number of benzene rings is 1. The van der Waals surface area contributed by atoms with Gasteiger partial charge >= 0.3 is 5.97 Å². The molecule has 0 atom stereocenters. The van der Waals surface area contributed by atoms with Crippen LogP contribution in [0.15, 0.2) is 53.2 Å². The Morgan fingerprint density at radius 3 is 2.54 bits per heavy atom. The van der Waals surface area contributed by atoms with Crippen LogP contribution in [0.2, 0.25) is 0 Å². The van der Waals surface area contributed by atoms with Crippen molar-refractivity contribution in [3.8, 4) is 0 Å². The first-order valence-electron chi connectivity index (χ1n) is 9.08. The molecule has 28 heavy (non-hydrogen) atoms. The average Bonchev–Trinajstić information content (AvgIpc) is 3.39. The molecular weight excluding hydrogens is 392 g/mol. The normalized spacial score (nSPS) is 10.6. The van der Waals surface area contributed by atoms with Gasteiger partial charge in [-0.3, -0.25) is 4.79 Å². The molecule has 5 nitrogen and oxygen atoms in total. The van der Waals surface area contributed by atoms with E-state index in [-0.39, 0.29) is 11.5 Å². The number of hydrogen-bond acceptors (Lipinski definition) is 5. The molecule has 0 unspecified atom stereocenters. The Labute approximate surface area is 172 Å². The lowest BCUT2D eigenvalue weighted by molar-refractivity contribution is 0.0697. The Kier molecular flexibility index (Phi) is 6.84. The van der Waals surface area contributed by atoms with Crippen LogP contribution in [0.3, 0.4) is 0 Å². The lowest BCUT2D eigenvalue weighted by atomic mass is 10.1. The lowest BCUT2D eigenvalue weighted by Crippen LogP contribution is -2.25. The molecule has 0 fully saturated rings. The molecule has 3 rings (SSSR count). The zero-order chi connectivity index (χ0) is 19.9. The van der Waals surface area contributed by atoms with Gasteiger partial charge in [0.1, 0.15) is 0 Å². The van der Waals surface area contributed by atoms with Gasteiger partial charge < -0.3 is 15.3 Å². The minimum atomic E-state index is -1.00. The van der Waals surface area contributed by atoms with Gasteiger partial charge in [-0.05, 0) is 47.5 Å². The van der Waals surface area contributed by atoms with Crippen LogP contribution in [0.25, 0.3) is 0 Å². The molecule has 146 valence electrons. The number of unbranched alkanes of at least 4 members (excludes halogenated alkanes) is 1. The summed E-state index contributed by atoms with van der Waals surface area (Å²) < 4.78 is 0. The van der Waals surface area contributed by atoms with Gasteiger partial charge in [-0.15, -0.1) is 22.7 Å². The van der Waals surface area contributed by atoms with Crippen LogP contribution in [0.5, 0.6) is 0 Å². The summed E-state index contributed by atoms with van der Waals surface area (Å²) in [6.45, 7) is 3.55. The van der Waals surface area contributed by atoms with Crippen molar-refractivity contribution in [2.45, 2.75) is 26.3 Å². The Hall–Kier alpha value is -2.64. The summed E-state index contributed by atoms with van der Waals surface area (Å²) >= 11 is 3.00. The Balaban J connectivity index is 1.87. The summed E-state index contributed by atoms with van der Waals surface area (Å²) in [5.74, 6) is -1.24. The molecule has 1 amide bonds. The summed E-state index contributed by atoms with van der Waals surface area (Å²) in [5, 5.41) is 16.4. The fourth-order valence-electron chi connectivity index (χ4n) is 2.89. The molecule has 0 bridgehead atoms. The molecular formula is C21H22N2O3S2. The molecule has 3 aromatic rings. The fraction of sp³-hybridized carbons (Fsp3) is 0.238. The van der Waals surface area contributed by atoms with Gasteiger partial charge in [0.2, 0.25) is 0 Å². The summed E-state index contributed by atoms with van der Waals surface area (Å²) in [6, 6.07) is 12.7. The molecule has 2 heterocycles. The quantitative estimate of drug-likeness (QED) is 0.480. The number of aromatic carboxylic acids is 1. The number of amides is 1. The Bertz CT molecular complexity index is 921. The maximum absolute atomic E-state index is 12.3. The Morgan fingerprint density at radius 2 is 1.89 bits per heavy atom. The maximum Gasteiger partial charge on any atom is 0.337 e. The zero-order valence-electron chi connectivity index (χ0n) is 15.6. The van der Waals surface area contributed by atoms with E-state index >= 15 is 0 Å². The molecule has 0 radical (unpaired) electrons. The van der Waals surface area contributed by atoms with Gasteiger partial charge in [0.25, 0.3) is 5.91 Å². The molecule has 0 aliphatic heterocycles. The highest BCUT2D eigenvalue weighted by Gasteiger charge is 2.18. The van der Waals surface area contributed by atoms with E-state index < -0.39 is 5.97 Å². The van der Waals surface area contributed by atoms with Crippen molar-refractivity contribution >= 4 is 45.9 Å². The van der Waals surface area contributed by atoms with Gasteiger partial charge in [-0.2, -0.15) is 0 Å². The highest BCUT2D eigenvalue weighted by Crippen LogP contribution is 2.28. The highest BCUT2D eigenvalue weighted by molar-refractivity contribution is 7.12. The van der Waals surface area contributed by atoms with E-state index in [1.165, 1.54) is 22.3 Å². The van der Waals surface area contributed by atoms with Crippen molar-refractivity contribution < 1.29 is 14.7 Å². The van der Waals surface area contributed by atoms with Crippen molar-refractivity contribution in [3.63, 3.8) is 0 Å². The summed E-state index contributed by atoms with van der Waals surface area (Å²) in [5.41, 5.74) is 1.34. The molecule has 2 aromatic heterocycles. The third-order valence-electron chi connectivity index (χ3n) is 4.28.